The third-order valence-electron chi connectivity index (χ3n) is 3.44. The molecule has 0 fully saturated rings. The number of carbonyl (C=O) groups is 1. The molecule has 2 rings (SSSR count). The van der Waals surface area contributed by atoms with Gasteiger partial charge in [0.25, 0.3) is 11.6 Å². The fourth-order valence-corrected chi connectivity index (χ4v) is 2.46. The number of benzene rings is 2. The predicted molar refractivity (Wildman–Crippen MR) is 91.1 cm³/mol. The molecule has 2 aromatic carbocycles. The first-order chi connectivity index (χ1) is 11.0. The lowest BCUT2D eigenvalue weighted by molar-refractivity contribution is -0.384. The van der Waals surface area contributed by atoms with Gasteiger partial charge in [0.2, 0.25) is 0 Å². The van der Waals surface area contributed by atoms with Crippen LogP contribution in [0.3, 0.4) is 0 Å². The fourth-order valence-electron chi connectivity index (χ4n) is 2.21. The minimum Gasteiger partial charge on any atom is -0.308 e. The lowest BCUT2D eigenvalue weighted by Gasteiger charge is -2.23. The minimum atomic E-state index is -0.536. The molecule has 2 aromatic rings. The van der Waals surface area contributed by atoms with Crippen LogP contribution in [0.4, 0.5) is 11.4 Å². The molecule has 23 heavy (non-hydrogen) atoms. The monoisotopic (exact) mass is 332 g/mol. The normalized spacial score (nSPS) is 10.3. The van der Waals surface area contributed by atoms with Crippen LogP contribution in [0.15, 0.2) is 48.5 Å². The average Bonchev–Trinajstić information content (AvgIpc) is 2.55. The summed E-state index contributed by atoms with van der Waals surface area (Å²) in [6.07, 6.45) is 1.80. The standard InChI is InChI=1S/C17H17ClN2O3/c1-2-3-11-19(13-7-5-4-6-8-13)17(21)15-10-9-14(20(22)23)12-16(15)18/h4-10,12H,2-3,11H2,1H3. The Morgan fingerprint density at radius 1 is 1.22 bits per heavy atom. The molecule has 5 nitrogen and oxygen atoms in total. The highest BCUT2D eigenvalue weighted by Crippen LogP contribution is 2.26. The summed E-state index contributed by atoms with van der Waals surface area (Å²) >= 11 is 6.08. The average molecular weight is 333 g/mol. The molecule has 0 aromatic heterocycles. The topological polar surface area (TPSA) is 63.5 Å². The maximum Gasteiger partial charge on any atom is 0.270 e. The van der Waals surface area contributed by atoms with Crippen LogP contribution in [0.1, 0.15) is 30.1 Å². The number of anilines is 1. The maximum absolute atomic E-state index is 12.8. The third-order valence-corrected chi connectivity index (χ3v) is 3.75. The van der Waals surface area contributed by atoms with Crippen molar-refractivity contribution in [3.63, 3.8) is 0 Å². The van der Waals surface area contributed by atoms with Crippen LogP contribution in [0.2, 0.25) is 5.02 Å². The van der Waals surface area contributed by atoms with Crippen LogP contribution in [-0.4, -0.2) is 17.4 Å². The molecule has 0 bridgehead atoms. The van der Waals surface area contributed by atoms with E-state index in [1.54, 1.807) is 4.90 Å². The Bertz CT molecular complexity index is 704. The Kier molecular flexibility index (Phi) is 5.71. The van der Waals surface area contributed by atoms with Gasteiger partial charge in [-0.05, 0) is 24.6 Å². The Hall–Kier alpha value is -2.40. The summed E-state index contributed by atoms with van der Waals surface area (Å²) in [4.78, 5) is 24.7. The van der Waals surface area contributed by atoms with E-state index < -0.39 is 4.92 Å². The molecular weight excluding hydrogens is 316 g/mol. The molecule has 0 aliphatic rings. The van der Waals surface area contributed by atoms with Crippen molar-refractivity contribution in [2.45, 2.75) is 19.8 Å². The molecule has 0 spiro atoms. The number of nitrogens with zero attached hydrogens (tertiary/aromatic N) is 2. The summed E-state index contributed by atoms with van der Waals surface area (Å²) in [6.45, 7) is 2.61. The van der Waals surface area contributed by atoms with Gasteiger partial charge in [0, 0.05) is 24.4 Å². The molecule has 0 N–H and O–H groups in total. The molecule has 6 heteroatoms. The van der Waals surface area contributed by atoms with Crippen molar-refractivity contribution in [3.8, 4) is 0 Å². The van der Waals surface area contributed by atoms with E-state index in [9.17, 15) is 14.9 Å². The van der Waals surface area contributed by atoms with Gasteiger partial charge in [-0.2, -0.15) is 0 Å². The van der Waals surface area contributed by atoms with E-state index in [2.05, 4.69) is 0 Å². The van der Waals surface area contributed by atoms with Crippen molar-refractivity contribution in [2.24, 2.45) is 0 Å². The summed E-state index contributed by atoms with van der Waals surface area (Å²) in [5.41, 5.74) is 0.906. The van der Waals surface area contributed by atoms with Crippen molar-refractivity contribution in [2.75, 3.05) is 11.4 Å². The van der Waals surface area contributed by atoms with E-state index in [-0.39, 0.29) is 22.2 Å². The van der Waals surface area contributed by atoms with E-state index in [1.807, 2.05) is 37.3 Å². The van der Waals surface area contributed by atoms with E-state index in [4.69, 9.17) is 11.6 Å². The zero-order valence-corrected chi connectivity index (χ0v) is 13.5. The molecule has 0 atom stereocenters. The van der Waals surface area contributed by atoms with E-state index in [0.29, 0.717) is 6.54 Å². The van der Waals surface area contributed by atoms with Crippen molar-refractivity contribution < 1.29 is 9.72 Å². The number of hydrogen-bond donors (Lipinski definition) is 0. The second-order valence-corrected chi connectivity index (χ2v) is 5.47. The molecule has 0 unspecified atom stereocenters. The molecule has 0 radical (unpaired) electrons. The fraction of sp³-hybridized carbons (Fsp3) is 0.235. The number of amides is 1. The quantitative estimate of drug-likeness (QED) is 0.569. The highest BCUT2D eigenvalue weighted by molar-refractivity contribution is 6.34. The Morgan fingerprint density at radius 3 is 2.48 bits per heavy atom. The van der Waals surface area contributed by atoms with Crippen LogP contribution in [-0.2, 0) is 0 Å². The number of para-hydroxylation sites is 1. The maximum atomic E-state index is 12.8. The van der Waals surface area contributed by atoms with Crippen molar-refractivity contribution in [1.82, 2.24) is 0 Å². The van der Waals surface area contributed by atoms with E-state index >= 15 is 0 Å². The minimum absolute atomic E-state index is 0.0848. The van der Waals surface area contributed by atoms with Gasteiger partial charge in [-0.15, -0.1) is 0 Å². The second-order valence-electron chi connectivity index (χ2n) is 5.07. The van der Waals surface area contributed by atoms with Crippen LogP contribution in [0, 0.1) is 10.1 Å². The number of rotatable bonds is 6. The van der Waals surface area contributed by atoms with E-state index in [0.717, 1.165) is 18.5 Å². The van der Waals surface area contributed by atoms with Gasteiger partial charge in [0.1, 0.15) is 0 Å². The van der Waals surface area contributed by atoms with Crippen molar-refractivity contribution in [3.05, 3.63) is 69.2 Å². The first-order valence-electron chi connectivity index (χ1n) is 7.35. The second kappa shape index (κ2) is 7.74. The van der Waals surface area contributed by atoms with Crippen LogP contribution in [0.25, 0.3) is 0 Å². The molecular formula is C17H17ClN2O3. The van der Waals surface area contributed by atoms with Gasteiger partial charge < -0.3 is 4.90 Å². The SMILES string of the molecule is CCCCN(C(=O)c1ccc([N+](=O)[O-])cc1Cl)c1ccccc1. The lowest BCUT2D eigenvalue weighted by Crippen LogP contribution is -2.32. The number of carbonyl (C=O) groups excluding carboxylic acids is 1. The van der Waals surface area contributed by atoms with E-state index in [1.165, 1.54) is 18.2 Å². The van der Waals surface area contributed by atoms with Crippen molar-refractivity contribution in [1.29, 1.82) is 0 Å². The van der Waals surface area contributed by atoms with Crippen LogP contribution < -0.4 is 4.90 Å². The number of non-ortho nitro benzene ring substituents is 1. The third kappa shape index (κ3) is 4.07. The predicted octanol–water partition coefficient (Wildman–Crippen LogP) is 4.70. The van der Waals surface area contributed by atoms with Gasteiger partial charge in [-0.1, -0.05) is 43.1 Å². The van der Waals surface area contributed by atoms with Crippen molar-refractivity contribution >= 4 is 28.9 Å². The number of nitro groups is 1. The largest absolute Gasteiger partial charge is 0.308 e. The smallest absolute Gasteiger partial charge is 0.270 e. The summed E-state index contributed by atoms with van der Waals surface area (Å²) in [6, 6.07) is 13.2. The summed E-state index contributed by atoms with van der Waals surface area (Å²) in [5.74, 6) is -0.260. The Balaban J connectivity index is 2.35. The highest BCUT2D eigenvalue weighted by Gasteiger charge is 2.21. The zero-order valence-electron chi connectivity index (χ0n) is 12.7. The van der Waals surface area contributed by atoms with Gasteiger partial charge >= 0.3 is 0 Å². The van der Waals surface area contributed by atoms with Gasteiger partial charge in [-0.3, -0.25) is 14.9 Å². The molecule has 1 amide bonds. The number of unbranched alkanes of at least 4 members (excludes halogenated alkanes) is 1. The molecule has 0 heterocycles. The van der Waals surface area contributed by atoms with Crippen LogP contribution in [0.5, 0.6) is 0 Å². The number of nitro benzene ring substituents is 1. The molecule has 0 saturated carbocycles. The molecule has 0 saturated heterocycles. The molecule has 0 aliphatic heterocycles. The Labute approximate surface area is 139 Å². The van der Waals surface area contributed by atoms with Gasteiger partial charge in [0.15, 0.2) is 0 Å². The zero-order chi connectivity index (χ0) is 16.8. The Morgan fingerprint density at radius 2 is 1.91 bits per heavy atom. The van der Waals surface area contributed by atoms with Gasteiger partial charge in [0.05, 0.1) is 15.5 Å². The van der Waals surface area contributed by atoms with Crippen LogP contribution >= 0.6 is 11.6 Å². The number of halogens is 1. The molecule has 0 aliphatic carbocycles. The summed E-state index contributed by atoms with van der Waals surface area (Å²) in [5, 5.41) is 10.9. The molecule has 120 valence electrons. The number of hydrogen-bond acceptors (Lipinski definition) is 3. The summed E-state index contributed by atoms with van der Waals surface area (Å²) in [7, 11) is 0. The highest BCUT2D eigenvalue weighted by atomic mass is 35.5. The first-order valence-corrected chi connectivity index (χ1v) is 7.73. The first kappa shape index (κ1) is 17.0. The van der Waals surface area contributed by atoms with Gasteiger partial charge in [-0.25, -0.2) is 0 Å². The lowest BCUT2D eigenvalue weighted by atomic mass is 10.1. The summed E-state index contributed by atoms with van der Waals surface area (Å²) < 4.78 is 0.